The number of nitrogens with zero attached hydrogens (tertiary/aromatic N) is 5. The molecular weight excluding hydrogens is 665 g/mol. The quantitative estimate of drug-likeness (QED) is 0.156. The lowest BCUT2D eigenvalue weighted by atomic mass is 9.95. The molecule has 0 amide bonds. The number of hydrogen-bond donors (Lipinski definition) is 4. The predicted octanol–water partition coefficient (Wildman–Crippen LogP) is 5.12. The van der Waals surface area contributed by atoms with Crippen LogP contribution in [0.5, 0.6) is 11.8 Å². The normalized spacial score (nSPS) is 19.6. The minimum Gasteiger partial charge on any atom is -0.480 e. The van der Waals surface area contributed by atoms with Gasteiger partial charge in [0.25, 0.3) is 0 Å². The number of aromatic nitrogens is 4. The van der Waals surface area contributed by atoms with Crippen molar-refractivity contribution in [1.29, 1.82) is 0 Å². The lowest BCUT2D eigenvalue weighted by molar-refractivity contribution is -0.00504. The Hall–Kier alpha value is -3.84. The highest BCUT2D eigenvalue weighted by Crippen LogP contribution is 2.42. The molecule has 4 N–H and O–H groups in total. The van der Waals surface area contributed by atoms with Crippen LogP contribution in [0, 0.1) is 5.92 Å². The molecule has 0 unspecified atom stereocenters. The smallest absolute Gasteiger partial charge is 0.237 e. The summed E-state index contributed by atoms with van der Waals surface area (Å²) < 4.78 is 11.2. The monoisotopic (exact) mass is 705 g/mol. The zero-order chi connectivity index (χ0) is 34.5. The number of piperidine rings is 1. The number of methoxy groups -OCH3 is 2. The number of ether oxygens (including phenoxy) is 2. The number of halogens is 2. The Labute approximate surface area is 296 Å². The van der Waals surface area contributed by atoms with Crippen LogP contribution in [0.1, 0.15) is 30.7 Å². The SMILES string of the molecule is C=C1CC[C@@H](CNCc2ncc(-c3cccc(-c4cccc(-c5cnc(CN6CC[C@@H](CO)[C@@H](O)C6)c(OC)n5)c4Cl)c3Cl)nc2OC)N1. The van der Waals surface area contributed by atoms with E-state index in [-0.39, 0.29) is 12.5 Å². The van der Waals surface area contributed by atoms with Crippen LogP contribution in [0.2, 0.25) is 10.0 Å². The number of aliphatic hydroxyl groups excluding tert-OH is 2. The molecule has 11 nitrogen and oxygen atoms in total. The van der Waals surface area contributed by atoms with Gasteiger partial charge in [-0.15, -0.1) is 0 Å². The Balaban J connectivity index is 1.22. The maximum absolute atomic E-state index is 10.4. The Kier molecular flexibility index (Phi) is 11.3. The van der Waals surface area contributed by atoms with Crippen LogP contribution in [0.3, 0.4) is 0 Å². The summed E-state index contributed by atoms with van der Waals surface area (Å²) in [6.45, 7) is 6.92. The van der Waals surface area contributed by atoms with Gasteiger partial charge in [0.05, 0.1) is 54.2 Å². The van der Waals surface area contributed by atoms with E-state index in [0.29, 0.717) is 87.8 Å². The summed E-state index contributed by atoms with van der Waals surface area (Å²) >= 11 is 14.1. The third-order valence-corrected chi connectivity index (χ3v) is 9.96. The summed E-state index contributed by atoms with van der Waals surface area (Å²) in [6, 6.07) is 11.8. The Bertz CT molecular complexity index is 1810. The van der Waals surface area contributed by atoms with E-state index in [1.165, 1.54) is 0 Å². The van der Waals surface area contributed by atoms with E-state index in [1.54, 1.807) is 26.6 Å². The van der Waals surface area contributed by atoms with Crippen molar-refractivity contribution >= 4 is 23.2 Å². The number of benzene rings is 2. The number of hydrogen-bond acceptors (Lipinski definition) is 11. The molecule has 0 spiro atoms. The molecule has 6 rings (SSSR count). The molecule has 2 aliphatic rings. The third kappa shape index (κ3) is 7.82. The number of nitrogens with one attached hydrogen (secondary N) is 2. The topological polar surface area (TPSA) is 138 Å². The largest absolute Gasteiger partial charge is 0.480 e. The molecule has 0 saturated carbocycles. The molecule has 2 aromatic carbocycles. The van der Waals surface area contributed by atoms with E-state index in [0.717, 1.165) is 42.8 Å². The number of rotatable bonds is 12. The molecule has 0 bridgehead atoms. The van der Waals surface area contributed by atoms with Gasteiger partial charge < -0.3 is 30.3 Å². The molecular formula is C36H41Cl2N7O4. The van der Waals surface area contributed by atoms with E-state index >= 15 is 0 Å². The fourth-order valence-corrected chi connectivity index (χ4v) is 7.05. The van der Waals surface area contributed by atoms with Crippen molar-refractivity contribution in [2.75, 3.05) is 40.5 Å². The fourth-order valence-electron chi connectivity index (χ4n) is 6.40. The van der Waals surface area contributed by atoms with Gasteiger partial charge >= 0.3 is 0 Å². The summed E-state index contributed by atoms with van der Waals surface area (Å²) in [7, 11) is 3.14. The van der Waals surface area contributed by atoms with Crippen LogP contribution in [0.25, 0.3) is 33.6 Å². The Morgan fingerprint density at radius 3 is 2.06 bits per heavy atom. The summed E-state index contributed by atoms with van der Waals surface area (Å²) in [5, 5.41) is 27.6. The molecule has 13 heteroatoms. The van der Waals surface area contributed by atoms with Gasteiger partial charge in [-0.05, 0) is 25.8 Å². The van der Waals surface area contributed by atoms with Crippen molar-refractivity contribution in [3.8, 4) is 45.4 Å². The van der Waals surface area contributed by atoms with Crippen molar-refractivity contribution in [3.63, 3.8) is 0 Å². The molecule has 0 radical (unpaired) electrons. The lowest BCUT2D eigenvalue weighted by Crippen LogP contribution is -2.44. The standard InChI is InChI=1S/C36H41Cl2N7O4/c1-21-10-11-23(42-21)14-39-15-30-35(48-2)43-28(16-40-30)26-8-4-6-24(33(26)37)25-7-5-9-27(34(25)38)29-17-41-31(36(44-29)49-3)18-45-13-12-22(20-46)32(47)19-45/h4-9,16-17,22-23,32,39,42,46-47H,1,10-15,18-20H2,2-3H3/t22-,23-,32-/m0/s1. The first-order chi connectivity index (χ1) is 23.8. The molecule has 0 aliphatic carbocycles. The van der Waals surface area contributed by atoms with Crippen LogP contribution in [-0.4, -0.2) is 87.7 Å². The second kappa shape index (κ2) is 15.8. The van der Waals surface area contributed by atoms with Gasteiger partial charge in [-0.2, -0.15) is 0 Å². The number of likely N-dealkylation sites (tertiary alicyclic amines) is 1. The van der Waals surface area contributed by atoms with E-state index in [4.69, 9.17) is 42.6 Å². The fraction of sp³-hybridized carbons (Fsp3) is 0.389. The van der Waals surface area contributed by atoms with Crippen LogP contribution in [-0.2, 0) is 13.1 Å². The first-order valence-corrected chi connectivity index (χ1v) is 17.1. The number of β-amino-alcohol motifs (C(OH)–C–C–N with tert-alkyl or cyclic N) is 1. The molecule has 49 heavy (non-hydrogen) atoms. The van der Waals surface area contributed by atoms with Gasteiger partial charge in [0.2, 0.25) is 11.8 Å². The van der Waals surface area contributed by atoms with E-state index < -0.39 is 6.10 Å². The summed E-state index contributed by atoms with van der Waals surface area (Å²) in [4.78, 5) is 20.9. The van der Waals surface area contributed by atoms with Crippen molar-refractivity contribution in [2.24, 2.45) is 5.92 Å². The highest BCUT2D eigenvalue weighted by Gasteiger charge is 2.28. The Morgan fingerprint density at radius 1 is 0.918 bits per heavy atom. The molecule has 2 saturated heterocycles. The summed E-state index contributed by atoms with van der Waals surface area (Å²) in [6.07, 6.45) is 5.55. The second-order valence-electron chi connectivity index (χ2n) is 12.4. The molecule has 4 heterocycles. The minimum atomic E-state index is -0.592. The van der Waals surface area contributed by atoms with Crippen LogP contribution < -0.4 is 20.1 Å². The van der Waals surface area contributed by atoms with Crippen molar-refractivity contribution < 1.29 is 19.7 Å². The van der Waals surface area contributed by atoms with Gasteiger partial charge in [-0.1, -0.05) is 66.2 Å². The van der Waals surface area contributed by atoms with Gasteiger partial charge in [-0.25, -0.2) is 9.97 Å². The maximum atomic E-state index is 10.4. The van der Waals surface area contributed by atoms with Crippen molar-refractivity contribution in [2.45, 2.75) is 44.5 Å². The summed E-state index contributed by atoms with van der Waals surface area (Å²) in [5.74, 6) is 0.701. The van der Waals surface area contributed by atoms with Crippen LogP contribution in [0.4, 0.5) is 0 Å². The summed E-state index contributed by atoms with van der Waals surface area (Å²) in [5.41, 5.74) is 6.38. The number of aliphatic hydroxyl groups is 2. The van der Waals surface area contributed by atoms with E-state index in [1.807, 2.05) is 36.4 Å². The molecule has 2 fully saturated rings. The lowest BCUT2D eigenvalue weighted by Gasteiger charge is -2.34. The first kappa shape index (κ1) is 35.0. The molecule has 258 valence electrons. The molecule has 4 aromatic rings. The van der Waals surface area contributed by atoms with Gasteiger partial charge in [0.1, 0.15) is 11.4 Å². The average Bonchev–Trinajstić information content (AvgIpc) is 3.53. The second-order valence-corrected chi connectivity index (χ2v) is 13.2. The van der Waals surface area contributed by atoms with Gasteiger partial charge in [0.15, 0.2) is 0 Å². The average molecular weight is 707 g/mol. The van der Waals surface area contributed by atoms with Gasteiger partial charge in [0, 0.05) is 72.7 Å². The predicted molar refractivity (Wildman–Crippen MR) is 191 cm³/mol. The third-order valence-electron chi connectivity index (χ3n) is 9.15. The number of allylic oxidation sites excluding steroid dienone is 1. The molecule has 2 aromatic heterocycles. The van der Waals surface area contributed by atoms with Crippen molar-refractivity contribution in [1.82, 2.24) is 35.5 Å². The zero-order valence-corrected chi connectivity index (χ0v) is 29.1. The maximum Gasteiger partial charge on any atom is 0.237 e. The molecule has 2 aliphatic heterocycles. The van der Waals surface area contributed by atoms with E-state index in [2.05, 4.69) is 32.1 Å². The van der Waals surface area contributed by atoms with Crippen LogP contribution in [0.15, 0.2) is 61.1 Å². The Morgan fingerprint density at radius 2 is 1.51 bits per heavy atom. The highest BCUT2D eigenvalue weighted by molar-refractivity contribution is 6.39. The van der Waals surface area contributed by atoms with Crippen molar-refractivity contribution in [3.05, 3.63) is 82.5 Å². The highest BCUT2D eigenvalue weighted by atomic mass is 35.5. The van der Waals surface area contributed by atoms with Gasteiger partial charge in [-0.3, -0.25) is 14.9 Å². The zero-order valence-electron chi connectivity index (χ0n) is 27.6. The minimum absolute atomic E-state index is 0.0215. The van der Waals surface area contributed by atoms with Crippen LogP contribution >= 0.6 is 23.2 Å². The van der Waals surface area contributed by atoms with E-state index in [9.17, 15) is 10.2 Å². The molecule has 3 atom stereocenters. The first-order valence-electron chi connectivity index (χ1n) is 16.3.